The second-order valence-electron chi connectivity index (χ2n) is 4.84. The van der Waals surface area contributed by atoms with E-state index in [-0.39, 0.29) is 0 Å². The Morgan fingerprint density at radius 3 is 3.00 bits per heavy atom. The van der Waals surface area contributed by atoms with Crippen LogP contribution in [-0.2, 0) is 0 Å². The van der Waals surface area contributed by atoms with Crippen LogP contribution in [-0.4, -0.2) is 17.6 Å². The maximum Gasteiger partial charge on any atom is 0.0774 e. The average molecular weight is 238 g/mol. The second kappa shape index (κ2) is 5.32. The average Bonchev–Trinajstić information content (AvgIpc) is 3.23. The fraction of sp³-hybridized carbons (Fsp3) is 0.312. The summed E-state index contributed by atoms with van der Waals surface area (Å²) in [6.45, 7) is 1.08. The molecule has 1 saturated carbocycles. The molecule has 18 heavy (non-hydrogen) atoms. The quantitative estimate of drug-likeness (QED) is 0.808. The van der Waals surface area contributed by atoms with Crippen molar-refractivity contribution in [3.05, 3.63) is 48.2 Å². The van der Waals surface area contributed by atoms with Crippen LogP contribution in [0.25, 0.3) is 17.0 Å². The maximum atomic E-state index is 4.45. The first-order valence-electron chi connectivity index (χ1n) is 6.67. The highest BCUT2D eigenvalue weighted by Crippen LogP contribution is 2.19. The molecular weight excluding hydrogens is 220 g/mol. The van der Waals surface area contributed by atoms with Gasteiger partial charge in [-0.1, -0.05) is 36.4 Å². The minimum Gasteiger partial charge on any atom is -0.314 e. The Balaban J connectivity index is 1.67. The Kier molecular flexibility index (Phi) is 3.37. The predicted octanol–water partition coefficient (Wildman–Crippen LogP) is 3.39. The number of hydrogen-bond acceptors (Lipinski definition) is 2. The van der Waals surface area contributed by atoms with E-state index in [0.29, 0.717) is 0 Å². The van der Waals surface area contributed by atoms with Crippen molar-refractivity contribution in [1.82, 2.24) is 10.3 Å². The van der Waals surface area contributed by atoms with E-state index in [1.807, 2.05) is 12.3 Å². The van der Waals surface area contributed by atoms with Gasteiger partial charge in [-0.15, -0.1) is 0 Å². The molecule has 0 amide bonds. The van der Waals surface area contributed by atoms with Crippen LogP contribution in [0.15, 0.2) is 42.6 Å². The molecule has 2 heteroatoms. The topological polar surface area (TPSA) is 24.9 Å². The molecule has 0 aliphatic heterocycles. The summed E-state index contributed by atoms with van der Waals surface area (Å²) in [4.78, 5) is 4.45. The van der Waals surface area contributed by atoms with Gasteiger partial charge in [0.15, 0.2) is 0 Å². The molecule has 1 N–H and O–H groups in total. The monoisotopic (exact) mass is 238 g/mol. The van der Waals surface area contributed by atoms with Crippen LogP contribution in [0.5, 0.6) is 0 Å². The van der Waals surface area contributed by atoms with Gasteiger partial charge < -0.3 is 5.32 Å². The number of hydrogen-bond donors (Lipinski definition) is 1. The van der Waals surface area contributed by atoms with Crippen molar-refractivity contribution in [2.24, 2.45) is 0 Å². The summed E-state index contributed by atoms with van der Waals surface area (Å²) >= 11 is 0. The highest BCUT2D eigenvalue weighted by molar-refractivity contribution is 5.86. The fourth-order valence-corrected chi connectivity index (χ4v) is 2.13. The molecule has 0 spiro atoms. The molecule has 0 bridgehead atoms. The number of nitrogens with zero attached hydrogens (tertiary/aromatic N) is 1. The van der Waals surface area contributed by atoms with Crippen molar-refractivity contribution in [2.75, 3.05) is 6.54 Å². The summed E-state index contributed by atoms with van der Waals surface area (Å²) in [6.07, 6.45) is 10.1. The van der Waals surface area contributed by atoms with Crippen LogP contribution in [0.3, 0.4) is 0 Å². The molecule has 0 atom stereocenters. The third-order valence-corrected chi connectivity index (χ3v) is 3.28. The van der Waals surface area contributed by atoms with Crippen molar-refractivity contribution in [1.29, 1.82) is 0 Å². The van der Waals surface area contributed by atoms with Crippen LogP contribution in [0.2, 0.25) is 0 Å². The van der Waals surface area contributed by atoms with Gasteiger partial charge in [0.2, 0.25) is 0 Å². The van der Waals surface area contributed by atoms with Crippen LogP contribution in [0, 0.1) is 0 Å². The minimum atomic E-state index is 0.803. The molecule has 1 aromatic heterocycles. The zero-order chi connectivity index (χ0) is 12.2. The van der Waals surface area contributed by atoms with E-state index in [9.17, 15) is 0 Å². The SMILES string of the molecule is C(=C\c1cccc2cccnc12)/CCNC1CC1. The van der Waals surface area contributed by atoms with E-state index < -0.39 is 0 Å². The lowest BCUT2D eigenvalue weighted by molar-refractivity contribution is 0.691. The van der Waals surface area contributed by atoms with Crippen molar-refractivity contribution < 1.29 is 0 Å². The van der Waals surface area contributed by atoms with Crippen molar-refractivity contribution in [3.63, 3.8) is 0 Å². The third kappa shape index (κ3) is 2.77. The smallest absolute Gasteiger partial charge is 0.0774 e. The van der Waals surface area contributed by atoms with E-state index >= 15 is 0 Å². The molecule has 1 aromatic carbocycles. The number of benzene rings is 1. The largest absolute Gasteiger partial charge is 0.314 e. The number of rotatable bonds is 5. The van der Waals surface area contributed by atoms with E-state index in [2.05, 4.69) is 46.7 Å². The molecule has 92 valence electrons. The van der Waals surface area contributed by atoms with Crippen molar-refractivity contribution >= 4 is 17.0 Å². The highest BCUT2D eigenvalue weighted by Gasteiger charge is 2.19. The molecule has 0 saturated heterocycles. The summed E-state index contributed by atoms with van der Waals surface area (Å²) in [5, 5.41) is 4.72. The van der Waals surface area contributed by atoms with Gasteiger partial charge in [-0.05, 0) is 31.9 Å². The van der Waals surface area contributed by atoms with Gasteiger partial charge in [0.05, 0.1) is 5.52 Å². The molecule has 1 fully saturated rings. The fourth-order valence-electron chi connectivity index (χ4n) is 2.13. The Labute approximate surface area is 108 Å². The van der Waals surface area contributed by atoms with Crippen molar-refractivity contribution in [2.45, 2.75) is 25.3 Å². The zero-order valence-corrected chi connectivity index (χ0v) is 10.5. The third-order valence-electron chi connectivity index (χ3n) is 3.28. The van der Waals surface area contributed by atoms with Gasteiger partial charge in [-0.25, -0.2) is 0 Å². The molecular formula is C16H18N2. The van der Waals surface area contributed by atoms with Crippen LogP contribution < -0.4 is 5.32 Å². The number of nitrogens with one attached hydrogen (secondary N) is 1. The number of aromatic nitrogens is 1. The summed E-state index contributed by atoms with van der Waals surface area (Å²) in [5.74, 6) is 0. The van der Waals surface area contributed by atoms with E-state index in [1.54, 1.807) is 0 Å². The van der Waals surface area contributed by atoms with Crippen molar-refractivity contribution in [3.8, 4) is 0 Å². The first-order chi connectivity index (χ1) is 8.93. The Morgan fingerprint density at radius 1 is 1.22 bits per heavy atom. The molecule has 1 aliphatic rings. The van der Waals surface area contributed by atoms with Crippen LogP contribution in [0.1, 0.15) is 24.8 Å². The van der Waals surface area contributed by atoms with Gasteiger partial charge >= 0.3 is 0 Å². The van der Waals surface area contributed by atoms with Crippen LogP contribution >= 0.6 is 0 Å². The molecule has 2 aromatic rings. The van der Waals surface area contributed by atoms with E-state index in [4.69, 9.17) is 0 Å². The van der Waals surface area contributed by atoms with Crippen LogP contribution in [0.4, 0.5) is 0 Å². The van der Waals surface area contributed by atoms with E-state index in [1.165, 1.54) is 23.8 Å². The standard InChI is InChI=1S/C16H18N2/c1(2-11-17-15-9-10-15)5-13-6-3-7-14-8-4-12-18-16(13)14/h1,3-8,12,15,17H,2,9-11H2/b5-1+. The first-order valence-corrected chi connectivity index (χ1v) is 6.67. The number of para-hydroxylation sites is 1. The lowest BCUT2D eigenvalue weighted by Crippen LogP contribution is -2.16. The normalized spacial score (nSPS) is 15.6. The maximum absolute atomic E-state index is 4.45. The lowest BCUT2D eigenvalue weighted by Gasteiger charge is -2.01. The highest BCUT2D eigenvalue weighted by atomic mass is 14.9. The van der Waals surface area contributed by atoms with Gasteiger partial charge in [-0.3, -0.25) is 4.98 Å². The molecule has 2 nitrogen and oxygen atoms in total. The summed E-state index contributed by atoms with van der Waals surface area (Å²) in [5.41, 5.74) is 2.30. The van der Waals surface area contributed by atoms with Gasteiger partial charge in [0, 0.05) is 23.2 Å². The summed E-state index contributed by atoms with van der Waals surface area (Å²) in [6, 6.07) is 11.2. The Morgan fingerprint density at radius 2 is 2.11 bits per heavy atom. The van der Waals surface area contributed by atoms with Gasteiger partial charge in [0.25, 0.3) is 0 Å². The molecule has 0 radical (unpaired) electrons. The Bertz CT molecular complexity index is 551. The first kappa shape index (κ1) is 11.4. The predicted molar refractivity (Wildman–Crippen MR) is 76.4 cm³/mol. The second-order valence-corrected chi connectivity index (χ2v) is 4.84. The molecule has 3 rings (SSSR count). The Hall–Kier alpha value is -1.67. The minimum absolute atomic E-state index is 0.803. The summed E-state index contributed by atoms with van der Waals surface area (Å²) < 4.78 is 0. The molecule has 0 unspecified atom stereocenters. The molecule has 1 heterocycles. The number of pyridine rings is 1. The number of fused-ring (bicyclic) bond motifs is 1. The zero-order valence-electron chi connectivity index (χ0n) is 10.5. The van der Waals surface area contributed by atoms with E-state index in [0.717, 1.165) is 24.5 Å². The lowest BCUT2D eigenvalue weighted by atomic mass is 10.1. The molecule has 1 aliphatic carbocycles. The summed E-state index contributed by atoms with van der Waals surface area (Å²) in [7, 11) is 0. The van der Waals surface area contributed by atoms with Gasteiger partial charge in [-0.2, -0.15) is 0 Å². The van der Waals surface area contributed by atoms with Gasteiger partial charge in [0.1, 0.15) is 0 Å².